The molecule has 0 unspecified atom stereocenters. The zero-order valence-electron chi connectivity index (χ0n) is 11.2. The van der Waals surface area contributed by atoms with E-state index in [-0.39, 0.29) is 10.6 Å². The Labute approximate surface area is 125 Å². The molecular formula is C15H13F3N2S. The Morgan fingerprint density at radius 1 is 1.10 bits per heavy atom. The number of rotatable bonds is 3. The molecule has 2 aromatic rings. The Bertz CT molecular complexity index is 664. The number of benzene rings is 2. The second-order valence-corrected chi connectivity index (χ2v) is 5.05. The maximum absolute atomic E-state index is 12.7. The van der Waals surface area contributed by atoms with Gasteiger partial charge in [0.1, 0.15) is 4.99 Å². The monoisotopic (exact) mass is 310 g/mol. The summed E-state index contributed by atoms with van der Waals surface area (Å²) in [6.45, 7) is 1.95. The molecule has 0 saturated carbocycles. The summed E-state index contributed by atoms with van der Waals surface area (Å²) >= 11 is 4.84. The number of aryl methyl sites for hydroxylation is 1. The summed E-state index contributed by atoms with van der Waals surface area (Å²) in [5, 5.41) is 3.02. The van der Waals surface area contributed by atoms with Crippen LogP contribution in [0.4, 0.5) is 24.5 Å². The molecule has 0 amide bonds. The van der Waals surface area contributed by atoms with Crippen molar-refractivity contribution in [3.63, 3.8) is 0 Å². The van der Waals surface area contributed by atoms with E-state index in [9.17, 15) is 13.2 Å². The molecule has 0 radical (unpaired) electrons. The fourth-order valence-corrected chi connectivity index (χ4v) is 1.99. The maximum Gasteiger partial charge on any atom is 0.416 e. The van der Waals surface area contributed by atoms with Gasteiger partial charge in [0, 0.05) is 16.9 Å². The van der Waals surface area contributed by atoms with Gasteiger partial charge in [0.15, 0.2) is 0 Å². The Kier molecular flexibility index (Phi) is 4.18. The molecule has 0 atom stereocenters. The third-order valence-corrected chi connectivity index (χ3v) is 3.16. The quantitative estimate of drug-likeness (QED) is 0.826. The minimum absolute atomic E-state index is 0.0873. The van der Waals surface area contributed by atoms with Crippen molar-refractivity contribution in [3.8, 4) is 0 Å². The van der Waals surface area contributed by atoms with E-state index >= 15 is 0 Å². The lowest BCUT2D eigenvalue weighted by Gasteiger charge is -2.14. The highest BCUT2D eigenvalue weighted by atomic mass is 32.1. The molecule has 0 heterocycles. The second kappa shape index (κ2) is 5.73. The largest absolute Gasteiger partial charge is 0.416 e. The molecule has 0 bridgehead atoms. The molecule has 3 N–H and O–H groups in total. The van der Waals surface area contributed by atoms with E-state index in [1.54, 1.807) is 0 Å². The van der Waals surface area contributed by atoms with Crippen molar-refractivity contribution in [3.05, 3.63) is 59.2 Å². The average Bonchev–Trinajstić information content (AvgIpc) is 2.40. The van der Waals surface area contributed by atoms with Gasteiger partial charge in [-0.05, 0) is 37.3 Å². The lowest BCUT2D eigenvalue weighted by Crippen LogP contribution is -2.14. The van der Waals surface area contributed by atoms with E-state index in [1.165, 1.54) is 6.07 Å². The molecule has 0 spiro atoms. The lowest BCUT2D eigenvalue weighted by molar-refractivity contribution is -0.137. The third-order valence-electron chi connectivity index (χ3n) is 2.94. The number of halogens is 3. The second-order valence-electron chi connectivity index (χ2n) is 4.61. The fraction of sp³-hybridized carbons (Fsp3) is 0.133. The first kappa shape index (κ1) is 15.3. The summed E-state index contributed by atoms with van der Waals surface area (Å²) < 4.78 is 38.2. The molecule has 21 heavy (non-hydrogen) atoms. The molecule has 0 aromatic heterocycles. The zero-order valence-corrected chi connectivity index (χ0v) is 12.0. The molecule has 0 fully saturated rings. The highest BCUT2D eigenvalue weighted by Gasteiger charge is 2.31. The van der Waals surface area contributed by atoms with Crippen LogP contribution >= 0.6 is 12.2 Å². The van der Waals surface area contributed by atoms with Gasteiger partial charge in [-0.1, -0.05) is 29.9 Å². The van der Waals surface area contributed by atoms with Crippen molar-refractivity contribution in [2.75, 3.05) is 5.32 Å². The lowest BCUT2D eigenvalue weighted by atomic mass is 10.1. The fourth-order valence-electron chi connectivity index (χ4n) is 1.83. The van der Waals surface area contributed by atoms with Crippen LogP contribution in [0.3, 0.4) is 0 Å². The van der Waals surface area contributed by atoms with E-state index in [1.807, 2.05) is 31.2 Å². The zero-order chi connectivity index (χ0) is 15.6. The van der Waals surface area contributed by atoms with Gasteiger partial charge in [-0.3, -0.25) is 0 Å². The van der Waals surface area contributed by atoms with Gasteiger partial charge in [0.25, 0.3) is 0 Å². The molecule has 2 aromatic carbocycles. The predicted octanol–water partition coefficient (Wildman–Crippen LogP) is 4.39. The van der Waals surface area contributed by atoms with Crippen molar-refractivity contribution in [1.29, 1.82) is 0 Å². The summed E-state index contributed by atoms with van der Waals surface area (Å²) in [6.07, 6.45) is -4.43. The van der Waals surface area contributed by atoms with Crippen LogP contribution in [0.15, 0.2) is 42.5 Å². The Hall–Kier alpha value is -2.08. The average molecular weight is 310 g/mol. The van der Waals surface area contributed by atoms with E-state index in [4.69, 9.17) is 18.0 Å². The number of hydrogen-bond acceptors (Lipinski definition) is 2. The van der Waals surface area contributed by atoms with Crippen LogP contribution in [0.5, 0.6) is 0 Å². The van der Waals surface area contributed by atoms with Crippen LogP contribution in [-0.4, -0.2) is 4.99 Å². The van der Waals surface area contributed by atoms with E-state index in [2.05, 4.69) is 5.32 Å². The van der Waals surface area contributed by atoms with Gasteiger partial charge in [0.2, 0.25) is 0 Å². The van der Waals surface area contributed by atoms with Crippen molar-refractivity contribution in [1.82, 2.24) is 0 Å². The highest BCUT2D eigenvalue weighted by molar-refractivity contribution is 7.80. The highest BCUT2D eigenvalue weighted by Crippen LogP contribution is 2.32. The third kappa shape index (κ3) is 3.72. The Morgan fingerprint density at radius 3 is 2.24 bits per heavy atom. The van der Waals surface area contributed by atoms with Crippen LogP contribution in [-0.2, 0) is 6.18 Å². The van der Waals surface area contributed by atoms with Crippen LogP contribution < -0.4 is 11.1 Å². The Morgan fingerprint density at radius 2 is 1.71 bits per heavy atom. The summed E-state index contributed by atoms with van der Waals surface area (Å²) in [6, 6.07) is 10.7. The first-order valence-electron chi connectivity index (χ1n) is 6.12. The first-order valence-corrected chi connectivity index (χ1v) is 6.53. The van der Waals surface area contributed by atoms with Crippen molar-refractivity contribution in [2.45, 2.75) is 13.1 Å². The van der Waals surface area contributed by atoms with E-state index in [0.29, 0.717) is 5.69 Å². The summed E-state index contributed by atoms with van der Waals surface area (Å²) in [4.78, 5) is -0.0873. The van der Waals surface area contributed by atoms with Crippen molar-refractivity contribution >= 4 is 28.6 Å². The maximum atomic E-state index is 12.7. The molecule has 0 saturated heterocycles. The summed E-state index contributed by atoms with van der Waals surface area (Å²) in [7, 11) is 0. The number of thiocarbonyl (C=S) groups is 1. The van der Waals surface area contributed by atoms with Gasteiger partial charge < -0.3 is 11.1 Å². The number of nitrogens with one attached hydrogen (secondary N) is 1. The van der Waals surface area contributed by atoms with Crippen LogP contribution in [0.2, 0.25) is 0 Å². The normalized spacial score (nSPS) is 11.2. The molecule has 0 aliphatic carbocycles. The molecule has 2 rings (SSSR count). The van der Waals surface area contributed by atoms with Gasteiger partial charge in [0.05, 0.1) is 5.56 Å². The molecule has 0 aliphatic heterocycles. The molecular weight excluding hydrogens is 297 g/mol. The topological polar surface area (TPSA) is 38.0 Å². The van der Waals surface area contributed by atoms with Gasteiger partial charge in [-0.25, -0.2) is 0 Å². The Balaban J connectivity index is 2.39. The smallest absolute Gasteiger partial charge is 0.389 e. The minimum Gasteiger partial charge on any atom is -0.389 e. The van der Waals surface area contributed by atoms with Crippen LogP contribution in [0.25, 0.3) is 0 Å². The van der Waals surface area contributed by atoms with Crippen LogP contribution in [0, 0.1) is 6.92 Å². The molecule has 0 aliphatic rings. The van der Waals surface area contributed by atoms with E-state index < -0.39 is 11.7 Å². The number of hydrogen-bond donors (Lipinski definition) is 2. The first-order chi connectivity index (χ1) is 9.77. The van der Waals surface area contributed by atoms with Crippen molar-refractivity contribution in [2.24, 2.45) is 5.73 Å². The molecule has 2 nitrogen and oxygen atoms in total. The number of anilines is 2. The molecule has 6 heteroatoms. The predicted molar refractivity (Wildman–Crippen MR) is 81.8 cm³/mol. The van der Waals surface area contributed by atoms with Crippen molar-refractivity contribution < 1.29 is 13.2 Å². The van der Waals surface area contributed by atoms with Gasteiger partial charge in [-0.2, -0.15) is 13.2 Å². The van der Waals surface area contributed by atoms with Gasteiger partial charge in [-0.15, -0.1) is 0 Å². The summed E-state index contributed by atoms with van der Waals surface area (Å²) in [5.41, 5.74) is 7.20. The molecule has 110 valence electrons. The SMILES string of the molecule is Cc1ccc(Nc2ccc(C(F)(F)F)cc2C(N)=S)cc1. The number of nitrogens with two attached hydrogens (primary N) is 1. The van der Waals surface area contributed by atoms with E-state index in [0.717, 1.165) is 23.4 Å². The van der Waals surface area contributed by atoms with Crippen LogP contribution in [0.1, 0.15) is 16.7 Å². The standard InChI is InChI=1S/C15H13F3N2S/c1-9-2-5-11(6-3-9)20-13-7-4-10(15(16,17)18)8-12(13)14(19)21/h2-8,20H,1H3,(H2,19,21). The van der Waals surface area contributed by atoms with Gasteiger partial charge >= 0.3 is 6.18 Å². The number of alkyl halides is 3. The minimum atomic E-state index is -4.43. The summed E-state index contributed by atoms with van der Waals surface area (Å²) in [5.74, 6) is 0.